The average Bonchev–Trinajstić information content (AvgIpc) is 2.31. The standard InChI is InChI=1S/C8H12O2/c1-2-3-4-7-5-6-8(9)10-7/h5-7H,2-4H2,1H3. The van der Waals surface area contributed by atoms with E-state index in [1.54, 1.807) is 0 Å². The van der Waals surface area contributed by atoms with Crippen molar-refractivity contribution in [3.63, 3.8) is 0 Å². The van der Waals surface area contributed by atoms with E-state index in [1.165, 1.54) is 6.08 Å². The van der Waals surface area contributed by atoms with Gasteiger partial charge in [-0.1, -0.05) is 13.3 Å². The molecule has 10 heavy (non-hydrogen) atoms. The Morgan fingerprint density at radius 2 is 2.50 bits per heavy atom. The lowest BCUT2D eigenvalue weighted by molar-refractivity contribution is -0.138. The predicted octanol–water partition coefficient (Wildman–Crippen LogP) is 1.66. The van der Waals surface area contributed by atoms with Crippen LogP contribution in [-0.4, -0.2) is 12.1 Å². The summed E-state index contributed by atoms with van der Waals surface area (Å²) in [5.41, 5.74) is 0. The molecule has 0 bridgehead atoms. The van der Waals surface area contributed by atoms with E-state index in [0.717, 1.165) is 19.3 Å². The summed E-state index contributed by atoms with van der Waals surface area (Å²) in [7, 11) is 0. The molecule has 0 fully saturated rings. The number of carbonyl (C=O) groups excluding carboxylic acids is 1. The van der Waals surface area contributed by atoms with Gasteiger partial charge in [0.1, 0.15) is 6.10 Å². The second kappa shape index (κ2) is 3.40. The van der Waals surface area contributed by atoms with Crippen LogP contribution < -0.4 is 0 Å². The van der Waals surface area contributed by atoms with Crippen LogP contribution in [0.4, 0.5) is 0 Å². The van der Waals surface area contributed by atoms with Crippen molar-refractivity contribution in [1.29, 1.82) is 0 Å². The highest BCUT2D eigenvalue weighted by Crippen LogP contribution is 2.11. The molecular formula is C8H12O2. The van der Waals surface area contributed by atoms with Gasteiger partial charge in [0.15, 0.2) is 0 Å². The van der Waals surface area contributed by atoms with Gasteiger partial charge in [-0.25, -0.2) is 4.79 Å². The fourth-order valence-electron chi connectivity index (χ4n) is 0.974. The topological polar surface area (TPSA) is 26.3 Å². The van der Waals surface area contributed by atoms with Crippen molar-refractivity contribution in [2.75, 3.05) is 0 Å². The van der Waals surface area contributed by atoms with Crippen LogP contribution in [0.15, 0.2) is 12.2 Å². The van der Waals surface area contributed by atoms with Gasteiger partial charge in [-0.15, -0.1) is 0 Å². The lowest BCUT2D eigenvalue weighted by Crippen LogP contribution is -2.06. The summed E-state index contributed by atoms with van der Waals surface area (Å²) in [6.07, 6.45) is 6.65. The van der Waals surface area contributed by atoms with Crippen LogP contribution >= 0.6 is 0 Å². The number of esters is 1. The highest BCUT2D eigenvalue weighted by atomic mass is 16.5. The van der Waals surface area contributed by atoms with Gasteiger partial charge in [0, 0.05) is 6.08 Å². The zero-order chi connectivity index (χ0) is 7.40. The van der Waals surface area contributed by atoms with Gasteiger partial charge >= 0.3 is 5.97 Å². The van der Waals surface area contributed by atoms with Crippen LogP contribution in [0.5, 0.6) is 0 Å². The Hall–Kier alpha value is -0.790. The minimum Gasteiger partial charge on any atom is -0.455 e. The molecule has 0 saturated carbocycles. The maximum absolute atomic E-state index is 10.5. The smallest absolute Gasteiger partial charge is 0.331 e. The van der Waals surface area contributed by atoms with Crippen molar-refractivity contribution < 1.29 is 9.53 Å². The van der Waals surface area contributed by atoms with Crippen molar-refractivity contribution in [3.8, 4) is 0 Å². The molecule has 0 aliphatic carbocycles. The lowest BCUT2D eigenvalue weighted by atomic mass is 10.2. The highest BCUT2D eigenvalue weighted by Gasteiger charge is 2.14. The van der Waals surface area contributed by atoms with Crippen LogP contribution in [-0.2, 0) is 9.53 Å². The summed E-state index contributed by atoms with van der Waals surface area (Å²) in [5.74, 6) is -0.193. The zero-order valence-electron chi connectivity index (χ0n) is 6.17. The van der Waals surface area contributed by atoms with Crippen LogP contribution in [0.1, 0.15) is 26.2 Å². The number of hydrogen-bond donors (Lipinski definition) is 0. The number of carbonyl (C=O) groups is 1. The third-order valence-electron chi connectivity index (χ3n) is 1.56. The molecule has 0 aromatic carbocycles. The second-order valence-corrected chi connectivity index (χ2v) is 2.48. The average molecular weight is 140 g/mol. The predicted molar refractivity (Wildman–Crippen MR) is 38.5 cm³/mol. The molecule has 0 aromatic heterocycles. The highest BCUT2D eigenvalue weighted by molar-refractivity contribution is 5.84. The monoisotopic (exact) mass is 140 g/mol. The molecule has 2 heteroatoms. The minimum atomic E-state index is -0.193. The van der Waals surface area contributed by atoms with Gasteiger partial charge in [0.2, 0.25) is 0 Å². The Kier molecular flexibility index (Phi) is 2.49. The van der Waals surface area contributed by atoms with E-state index >= 15 is 0 Å². The number of unbranched alkanes of at least 4 members (excludes halogenated alkanes) is 1. The summed E-state index contributed by atoms with van der Waals surface area (Å²) in [6.45, 7) is 2.13. The molecule has 1 rings (SSSR count). The number of rotatable bonds is 3. The van der Waals surface area contributed by atoms with Gasteiger partial charge in [-0.2, -0.15) is 0 Å². The van der Waals surface area contributed by atoms with Crippen molar-refractivity contribution in [1.82, 2.24) is 0 Å². The number of cyclic esters (lactones) is 1. The molecule has 0 aromatic rings. The Morgan fingerprint density at radius 3 is 3.00 bits per heavy atom. The first-order chi connectivity index (χ1) is 4.83. The van der Waals surface area contributed by atoms with Gasteiger partial charge in [-0.05, 0) is 18.9 Å². The molecule has 1 unspecified atom stereocenters. The van der Waals surface area contributed by atoms with E-state index in [2.05, 4.69) is 6.92 Å². The SMILES string of the molecule is CCCCC1C=CC(=O)O1. The summed E-state index contributed by atoms with van der Waals surface area (Å²) in [5, 5.41) is 0. The minimum absolute atomic E-state index is 0.0625. The van der Waals surface area contributed by atoms with Gasteiger partial charge in [-0.3, -0.25) is 0 Å². The summed E-state index contributed by atoms with van der Waals surface area (Å²) in [6, 6.07) is 0. The van der Waals surface area contributed by atoms with Crippen molar-refractivity contribution in [3.05, 3.63) is 12.2 Å². The summed E-state index contributed by atoms with van der Waals surface area (Å²) < 4.78 is 4.91. The fourth-order valence-corrected chi connectivity index (χ4v) is 0.974. The molecule has 0 spiro atoms. The molecule has 1 aliphatic rings. The van der Waals surface area contributed by atoms with Crippen molar-refractivity contribution in [2.24, 2.45) is 0 Å². The molecule has 0 saturated heterocycles. The summed E-state index contributed by atoms with van der Waals surface area (Å²) >= 11 is 0. The Balaban J connectivity index is 2.20. The van der Waals surface area contributed by atoms with E-state index in [1.807, 2.05) is 6.08 Å². The third kappa shape index (κ3) is 1.87. The van der Waals surface area contributed by atoms with Gasteiger partial charge in [0.05, 0.1) is 0 Å². The van der Waals surface area contributed by atoms with E-state index in [-0.39, 0.29) is 12.1 Å². The maximum Gasteiger partial charge on any atom is 0.331 e. The third-order valence-corrected chi connectivity index (χ3v) is 1.56. The van der Waals surface area contributed by atoms with Gasteiger partial charge in [0.25, 0.3) is 0 Å². The van der Waals surface area contributed by atoms with E-state index < -0.39 is 0 Å². The molecule has 0 radical (unpaired) electrons. The second-order valence-electron chi connectivity index (χ2n) is 2.48. The number of hydrogen-bond acceptors (Lipinski definition) is 2. The molecule has 1 aliphatic heterocycles. The molecule has 1 atom stereocenters. The van der Waals surface area contributed by atoms with E-state index in [0.29, 0.717) is 0 Å². The van der Waals surface area contributed by atoms with Crippen molar-refractivity contribution >= 4 is 5.97 Å². The Labute approximate surface area is 60.9 Å². The van der Waals surface area contributed by atoms with Crippen molar-refractivity contribution in [2.45, 2.75) is 32.3 Å². The van der Waals surface area contributed by atoms with Gasteiger partial charge < -0.3 is 4.74 Å². The maximum atomic E-state index is 10.5. The molecule has 1 heterocycles. The largest absolute Gasteiger partial charge is 0.455 e. The summed E-state index contributed by atoms with van der Waals surface area (Å²) in [4.78, 5) is 10.5. The Bertz CT molecular complexity index is 149. The first kappa shape index (κ1) is 7.32. The normalized spacial score (nSPS) is 23.3. The van der Waals surface area contributed by atoms with E-state index in [9.17, 15) is 4.79 Å². The zero-order valence-corrected chi connectivity index (χ0v) is 6.17. The van der Waals surface area contributed by atoms with Crippen LogP contribution in [0.3, 0.4) is 0 Å². The fraction of sp³-hybridized carbons (Fsp3) is 0.625. The Morgan fingerprint density at radius 1 is 1.70 bits per heavy atom. The van der Waals surface area contributed by atoms with Crippen LogP contribution in [0, 0.1) is 0 Å². The molecular weight excluding hydrogens is 128 g/mol. The first-order valence-electron chi connectivity index (χ1n) is 3.71. The number of ether oxygens (including phenoxy) is 1. The quantitative estimate of drug-likeness (QED) is 0.557. The van der Waals surface area contributed by atoms with Crippen LogP contribution in [0.25, 0.3) is 0 Å². The first-order valence-corrected chi connectivity index (χ1v) is 3.71. The van der Waals surface area contributed by atoms with Crippen LogP contribution in [0.2, 0.25) is 0 Å². The molecule has 0 N–H and O–H groups in total. The van der Waals surface area contributed by atoms with E-state index in [4.69, 9.17) is 4.74 Å². The molecule has 0 amide bonds. The molecule has 56 valence electrons. The molecule has 2 nitrogen and oxygen atoms in total. The lowest BCUT2D eigenvalue weighted by Gasteiger charge is -2.05.